The highest BCUT2D eigenvalue weighted by Crippen LogP contribution is 2.26. The second-order valence-electron chi connectivity index (χ2n) is 4.70. The first-order valence-corrected chi connectivity index (χ1v) is 8.27. The van der Waals surface area contributed by atoms with Gasteiger partial charge in [0, 0.05) is 31.9 Å². The smallest absolute Gasteiger partial charge is 0.256 e. The minimum Gasteiger partial charge on any atom is -0.399 e. The van der Waals surface area contributed by atoms with E-state index in [4.69, 9.17) is 5.73 Å². The van der Waals surface area contributed by atoms with Gasteiger partial charge in [0.05, 0.1) is 4.47 Å². The van der Waals surface area contributed by atoms with Crippen LogP contribution in [0.3, 0.4) is 0 Å². The predicted molar refractivity (Wildman–Crippen MR) is 77.9 cm³/mol. The van der Waals surface area contributed by atoms with Gasteiger partial charge in [-0.2, -0.15) is 0 Å². The molecule has 0 saturated carbocycles. The maximum Gasteiger partial charge on any atom is 0.256 e. The van der Waals surface area contributed by atoms with Crippen LogP contribution in [-0.2, 0) is 10.0 Å². The number of hydrazine groups is 1. The third-order valence-electron chi connectivity index (χ3n) is 3.06. The summed E-state index contributed by atoms with van der Waals surface area (Å²) < 4.78 is 38.4. The van der Waals surface area contributed by atoms with Crippen LogP contribution in [0.5, 0.6) is 0 Å². The van der Waals surface area contributed by atoms with Crippen LogP contribution in [0.1, 0.15) is 0 Å². The average molecular weight is 367 g/mol. The number of nitrogens with two attached hydrogens (primary N) is 1. The largest absolute Gasteiger partial charge is 0.399 e. The minimum absolute atomic E-state index is 0.0243. The van der Waals surface area contributed by atoms with E-state index < -0.39 is 20.7 Å². The second-order valence-corrected chi connectivity index (χ2v) is 7.18. The van der Waals surface area contributed by atoms with Crippen molar-refractivity contribution in [2.45, 2.75) is 4.90 Å². The Balaban J connectivity index is 2.23. The summed E-state index contributed by atoms with van der Waals surface area (Å²) in [6.07, 6.45) is 0. The van der Waals surface area contributed by atoms with E-state index in [-0.39, 0.29) is 10.2 Å². The van der Waals surface area contributed by atoms with E-state index in [1.807, 2.05) is 7.05 Å². The lowest BCUT2D eigenvalue weighted by atomic mass is 10.3. The summed E-state index contributed by atoms with van der Waals surface area (Å²) in [5.74, 6) is -0.846. The van der Waals surface area contributed by atoms with E-state index in [0.29, 0.717) is 13.1 Å². The van der Waals surface area contributed by atoms with Crippen molar-refractivity contribution in [2.24, 2.45) is 0 Å². The molecule has 6 nitrogen and oxygen atoms in total. The molecule has 0 aliphatic carbocycles. The summed E-state index contributed by atoms with van der Waals surface area (Å²) >= 11 is 2.95. The Kier molecular flexibility index (Phi) is 4.65. The highest BCUT2D eigenvalue weighted by atomic mass is 79.9. The molecule has 9 heteroatoms. The quantitative estimate of drug-likeness (QED) is 0.766. The number of likely N-dealkylation sites (N-methyl/N-ethyl adjacent to an activating group) is 1. The van der Waals surface area contributed by atoms with Crippen LogP contribution in [0.2, 0.25) is 0 Å². The van der Waals surface area contributed by atoms with Gasteiger partial charge in [0.1, 0.15) is 4.90 Å². The first-order chi connectivity index (χ1) is 9.29. The van der Waals surface area contributed by atoms with Crippen molar-refractivity contribution in [1.29, 1.82) is 0 Å². The zero-order valence-electron chi connectivity index (χ0n) is 10.9. The van der Waals surface area contributed by atoms with E-state index in [2.05, 4.69) is 25.7 Å². The number of piperazine rings is 1. The summed E-state index contributed by atoms with van der Waals surface area (Å²) in [5.41, 5.74) is 5.75. The second kappa shape index (κ2) is 5.94. The molecule has 1 heterocycles. The zero-order chi connectivity index (χ0) is 14.9. The molecule has 0 spiro atoms. The lowest BCUT2D eigenvalue weighted by molar-refractivity contribution is 0.134. The van der Waals surface area contributed by atoms with Crippen molar-refractivity contribution >= 4 is 31.6 Å². The Bertz CT molecular complexity index is 603. The molecule has 0 radical (unpaired) electrons. The van der Waals surface area contributed by atoms with Crippen molar-refractivity contribution in [1.82, 2.24) is 14.7 Å². The third-order valence-corrected chi connectivity index (χ3v) is 5.01. The van der Waals surface area contributed by atoms with Gasteiger partial charge in [-0.25, -0.2) is 17.8 Å². The molecule has 1 aliphatic rings. The first kappa shape index (κ1) is 15.6. The summed E-state index contributed by atoms with van der Waals surface area (Å²) in [6.45, 7) is 2.57. The molecule has 20 heavy (non-hydrogen) atoms. The molecule has 1 aromatic rings. The normalized spacial score (nSPS) is 18.4. The van der Waals surface area contributed by atoms with Crippen molar-refractivity contribution in [3.63, 3.8) is 0 Å². The van der Waals surface area contributed by atoms with E-state index in [9.17, 15) is 12.8 Å². The Hall–Kier alpha value is -0.740. The molecule has 2 rings (SSSR count). The summed E-state index contributed by atoms with van der Waals surface area (Å²) in [4.78, 5) is 4.02. The zero-order valence-corrected chi connectivity index (χ0v) is 13.3. The predicted octanol–water partition coefficient (Wildman–Crippen LogP) is 0.611. The molecule has 0 bridgehead atoms. The fourth-order valence-corrected chi connectivity index (χ4v) is 3.76. The molecule has 1 saturated heterocycles. The number of benzene rings is 1. The number of hydrogen-bond acceptors (Lipinski definition) is 5. The molecule has 1 aliphatic heterocycles. The minimum atomic E-state index is -3.98. The molecule has 0 amide bonds. The monoisotopic (exact) mass is 366 g/mol. The molecule has 0 aromatic heterocycles. The molecule has 1 fully saturated rings. The molecule has 3 N–H and O–H groups in total. The number of anilines is 1. The topological polar surface area (TPSA) is 78.7 Å². The molecule has 0 atom stereocenters. The van der Waals surface area contributed by atoms with Crippen LogP contribution in [0.25, 0.3) is 0 Å². The van der Waals surface area contributed by atoms with Crippen molar-refractivity contribution in [2.75, 3.05) is 39.0 Å². The summed E-state index contributed by atoms with van der Waals surface area (Å²) in [6, 6.07) is 2.43. The number of hydrogen-bond donors (Lipinski definition) is 2. The fraction of sp³-hybridized carbons (Fsp3) is 0.455. The number of halogens is 2. The van der Waals surface area contributed by atoms with Crippen molar-refractivity contribution < 1.29 is 12.8 Å². The summed E-state index contributed by atoms with van der Waals surface area (Å²) in [5, 5.41) is 1.56. The lowest BCUT2D eigenvalue weighted by Crippen LogP contribution is -2.52. The van der Waals surface area contributed by atoms with Gasteiger partial charge in [0.25, 0.3) is 10.0 Å². The average Bonchev–Trinajstić information content (AvgIpc) is 2.36. The first-order valence-electron chi connectivity index (χ1n) is 6.00. The van der Waals surface area contributed by atoms with Gasteiger partial charge in [-0.15, -0.1) is 4.83 Å². The van der Waals surface area contributed by atoms with Gasteiger partial charge in [-0.3, -0.25) is 0 Å². The lowest BCUT2D eigenvalue weighted by Gasteiger charge is -2.32. The van der Waals surface area contributed by atoms with E-state index in [1.165, 1.54) is 6.07 Å². The molecule has 0 unspecified atom stereocenters. The molecule has 112 valence electrons. The SMILES string of the molecule is CN1CCN(NS(=O)(=O)c2cc(N)cc(Br)c2F)CC1. The fourth-order valence-electron chi connectivity index (χ4n) is 1.90. The van der Waals surface area contributed by atoms with Gasteiger partial charge < -0.3 is 10.6 Å². The Morgan fingerprint density at radius 2 is 1.90 bits per heavy atom. The van der Waals surface area contributed by atoms with Crippen LogP contribution in [0.4, 0.5) is 10.1 Å². The molecule has 1 aromatic carbocycles. The maximum atomic E-state index is 13.9. The Morgan fingerprint density at radius 3 is 2.50 bits per heavy atom. The highest BCUT2D eigenvalue weighted by molar-refractivity contribution is 9.10. The van der Waals surface area contributed by atoms with Crippen LogP contribution < -0.4 is 10.6 Å². The molecular formula is C11H16BrFN4O2S. The number of nitrogens with zero attached hydrogens (tertiary/aromatic N) is 2. The van der Waals surface area contributed by atoms with E-state index in [1.54, 1.807) is 5.01 Å². The Labute approximate surface area is 125 Å². The number of rotatable bonds is 3. The van der Waals surface area contributed by atoms with Crippen LogP contribution >= 0.6 is 15.9 Å². The standard InChI is InChI=1S/C11H16BrFN4O2S/c1-16-2-4-17(5-3-16)15-20(18,19)10-7-8(14)6-9(12)11(10)13/h6-7,15H,2-5,14H2,1H3. The number of nitrogen functional groups attached to an aromatic ring is 1. The van der Waals surface area contributed by atoms with Gasteiger partial charge >= 0.3 is 0 Å². The highest BCUT2D eigenvalue weighted by Gasteiger charge is 2.25. The maximum absolute atomic E-state index is 13.9. The third kappa shape index (κ3) is 3.47. The van der Waals surface area contributed by atoms with Crippen LogP contribution in [0.15, 0.2) is 21.5 Å². The summed E-state index contributed by atoms with van der Waals surface area (Å²) in [7, 11) is -2.02. The molecular weight excluding hydrogens is 351 g/mol. The van der Waals surface area contributed by atoms with E-state index >= 15 is 0 Å². The van der Waals surface area contributed by atoms with Gasteiger partial charge in [-0.1, -0.05) is 0 Å². The number of sulfonamides is 1. The van der Waals surface area contributed by atoms with E-state index in [0.717, 1.165) is 19.2 Å². The van der Waals surface area contributed by atoms with Gasteiger partial charge in [-0.05, 0) is 35.1 Å². The van der Waals surface area contributed by atoms with Crippen LogP contribution in [-0.4, -0.2) is 51.6 Å². The van der Waals surface area contributed by atoms with Gasteiger partial charge in [0.15, 0.2) is 5.82 Å². The van der Waals surface area contributed by atoms with Crippen molar-refractivity contribution in [3.05, 3.63) is 22.4 Å². The van der Waals surface area contributed by atoms with Gasteiger partial charge in [0.2, 0.25) is 0 Å². The number of nitrogens with one attached hydrogen (secondary N) is 1. The van der Waals surface area contributed by atoms with Crippen LogP contribution in [0, 0.1) is 5.82 Å². The van der Waals surface area contributed by atoms with Crippen molar-refractivity contribution in [3.8, 4) is 0 Å². The Morgan fingerprint density at radius 1 is 1.30 bits per heavy atom.